The minimum absolute atomic E-state index is 0.0556. The summed E-state index contributed by atoms with van der Waals surface area (Å²) in [6.07, 6.45) is 0. The molecule has 50 valence electrons. The molecule has 0 atom stereocenters. The first-order valence-electron chi connectivity index (χ1n) is 2.29. The third-order valence-corrected chi connectivity index (χ3v) is 0.878. The molecular weight excluding hydrogens is 124 g/mol. The number of nitrogens with one attached hydrogen (secondary N) is 2. The van der Waals surface area contributed by atoms with Crippen LogP contribution in [0.3, 0.4) is 0 Å². The maximum Gasteiger partial charge on any atom is 0.328 e. The van der Waals surface area contributed by atoms with Crippen LogP contribution in [-0.4, -0.2) is 22.2 Å². The molecule has 0 radical (unpaired) electrons. The molecule has 1 rings (SSSR count). The SMILES string of the molecule is COc1[nH]c(=O)[nH]c1O. The summed E-state index contributed by atoms with van der Waals surface area (Å²) < 4.78 is 4.53. The second kappa shape index (κ2) is 1.85. The number of rotatable bonds is 1. The van der Waals surface area contributed by atoms with Crippen LogP contribution in [0, 0.1) is 0 Å². The third-order valence-electron chi connectivity index (χ3n) is 0.878. The van der Waals surface area contributed by atoms with E-state index in [4.69, 9.17) is 5.11 Å². The molecule has 0 saturated carbocycles. The molecule has 0 bridgehead atoms. The predicted octanol–water partition coefficient (Wildman–Crippen LogP) is -0.583. The van der Waals surface area contributed by atoms with E-state index in [2.05, 4.69) is 14.7 Å². The van der Waals surface area contributed by atoms with Crippen LogP contribution in [-0.2, 0) is 0 Å². The fourth-order valence-corrected chi connectivity index (χ4v) is 0.506. The minimum Gasteiger partial charge on any atom is -0.491 e. The van der Waals surface area contributed by atoms with Crippen LogP contribution in [0.5, 0.6) is 11.8 Å². The number of ether oxygens (including phenoxy) is 1. The number of aromatic nitrogens is 2. The molecule has 0 aliphatic rings. The quantitative estimate of drug-likeness (QED) is 0.475. The average molecular weight is 130 g/mol. The Bertz CT molecular complexity index is 249. The first-order chi connectivity index (χ1) is 4.24. The lowest BCUT2D eigenvalue weighted by molar-refractivity contribution is 0.358. The monoisotopic (exact) mass is 130 g/mol. The number of H-pyrrole nitrogens is 2. The first-order valence-corrected chi connectivity index (χ1v) is 2.29. The van der Waals surface area contributed by atoms with Gasteiger partial charge in [-0.15, -0.1) is 0 Å². The first kappa shape index (κ1) is 5.74. The van der Waals surface area contributed by atoms with Crippen LogP contribution >= 0.6 is 0 Å². The summed E-state index contributed by atoms with van der Waals surface area (Å²) in [6.45, 7) is 0. The molecular formula is C4H6N2O3. The third kappa shape index (κ3) is 0.883. The van der Waals surface area contributed by atoms with Gasteiger partial charge in [0, 0.05) is 0 Å². The van der Waals surface area contributed by atoms with Gasteiger partial charge in [0.25, 0.3) is 11.8 Å². The molecule has 9 heavy (non-hydrogen) atoms. The van der Waals surface area contributed by atoms with Crippen molar-refractivity contribution in [2.75, 3.05) is 7.11 Å². The van der Waals surface area contributed by atoms with Crippen molar-refractivity contribution in [3.8, 4) is 11.8 Å². The van der Waals surface area contributed by atoms with Crippen LogP contribution in [0.2, 0.25) is 0 Å². The summed E-state index contributed by atoms with van der Waals surface area (Å²) in [7, 11) is 1.35. The van der Waals surface area contributed by atoms with Crippen molar-refractivity contribution in [3.05, 3.63) is 10.5 Å². The molecule has 3 N–H and O–H groups in total. The zero-order valence-electron chi connectivity index (χ0n) is 4.76. The summed E-state index contributed by atoms with van der Waals surface area (Å²) in [5, 5.41) is 8.72. The van der Waals surface area contributed by atoms with Crippen molar-refractivity contribution in [3.63, 3.8) is 0 Å². The topological polar surface area (TPSA) is 78.1 Å². The van der Waals surface area contributed by atoms with E-state index in [1.54, 1.807) is 0 Å². The molecule has 0 aromatic carbocycles. The van der Waals surface area contributed by atoms with Crippen LogP contribution in [0.25, 0.3) is 0 Å². The van der Waals surface area contributed by atoms with E-state index >= 15 is 0 Å². The van der Waals surface area contributed by atoms with Gasteiger partial charge in [0.15, 0.2) is 0 Å². The molecule has 0 saturated heterocycles. The Hall–Kier alpha value is -1.39. The molecule has 0 aliphatic carbocycles. The molecule has 5 heteroatoms. The molecule has 5 nitrogen and oxygen atoms in total. The second-order valence-electron chi connectivity index (χ2n) is 1.46. The normalized spacial score (nSPS) is 9.44. The molecule has 0 aliphatic heterocycles. The Morgan fingerprint density at radius 1 is 1.56 bits per heavy atom. The van der Waals surface area contributed by atoms with E-state index < -0.39 is 5.69 Å². The summed E-state index contributed by atoms with van der Waals surface area (Å²) in [6, 6.07) is 0. The van der Waals surface area contributed by atoms with Crippen LogP contribution in [0.15, 0.2) is 4.79 Å². The summed E-state index contributed by atoms with van der Waals surface area (Å²) >= 11 is 0. The van der Waals surface area contributed by atoms with Gasteiger partial charge in [-0.25, -0.2) is 4.79 Å². The van der Waals surface area contributed by atoms with Gasteiger partial charge >= 0.3 is 5.69 Å². The zero-order valence-corrected chi connectivity index (χ0v) is 4.76. The molecule has 0 spiro atoms. The van der Waals surface area contributed by atoms with E-state index in [9.17, 15) is 4.79 Å². The molecule has 0 amide bonds. The zero-order chi connectivity index (χ0) is 6.85. The van der Waals surface area contributed by atoms with Crippen molar-refractivity contribution in [2.24, 2.45) is 0 Å². The molecule has 1 aromatic heterocycles. The number of hydrogen-bond acceptors (Lipinski definition) is 3. The highest BCUT2D eigenvalue weighted by molar-refractivity contribution is 5.22. The maximum atomic E-state index is 10.3. The largest absolute Gasteiger partial charge is 0.491 e. The van der Waals surface area contributed by atoms with Crippen molar-refractivity contribution in [1.82, 2.24) is 9.97 Å². The number of hydrogen-bond donors (Lipinski definition) is 3. The van der Waals surface area contributed by atoms with Gasteiger partial charge in [-0.3, -0.25) is 9.97 Å². The Labute approximate surface area is 50.3 Å². The van der Waals surface area contributed by atoms with E-state index in [-0.39, 0.29) is 11.8 Å². The van der Waals surface area contributed by atoms with Crippen molar-refractivity contribution >= 4 is 0 Å². The van der Waals surface area contributed by atoms with Crippen LogP contribution in [0.4, 0.5) is 0 Å². The standard InChI is InChI=1S/C4H6N2O3/c1-9-3-2(7)5-4(8)6-3/h7H,1H3,(H2,5,6,8). The molecule has 0 fully saturated rings. The maximum absolute atomic E-state index is 10.3. The molecule has 0 unspecified atom stereocenters. The van der Waals surface area contributed by atoms with Crippen molar-refractivity contribution < 1.29 is 9.84 Å². The minimum atomic E-state index is -0.482. The Morgan fingerprint density at radius 3 is 2.44 bits per heavy atom. The van der Waals surface area contributed by atoms with Crippen molar-refractivity contribution in [1.29, 1.82) is 0 Å². The van der Waals surface area contributed by atoms with Crippen LogP contribution in [0.1, 0.15) is 0 Å². The Kier molecular flexibility index (Phi) is 1.18. The molecule has 1 aromatic rings. The fraction of sp³-hybridized carbons (Fsp3) is 0.250. The number of aromatic amines is 2. The van der Waals surface area contributed by atoms with Gasteiger partial charge in [0.1, 0.15) is 0 Å². The number of aromatic hydroxyl groups is 1. The van der Waals surface area contributed by atoms with Gasteiger partial charge < -0.3 is 9.84 Å². The van der Waals surface area contributed by atoms with Gasteiger partial charge in [-0.05, 0) is 0 Å². The summed E-state index contributed by atoms with van der Waals surface area (Å²) in [5.74, 6) is -0.220. The highest BCUT2D eigenvalue weighted by Gasteiger charge is 2.02. The van der Waals surface area contributed by atoms with Crippen LogP contribution < -0.4 is 10.4 Å². The van der Waals surface area contributed by atoms with Gasteiger partial charge in [0.05, 0.1) is 7.11 Å². The highest BCUT2D eigenvalue weighted by atomic mass is 16.5. The van der Waals surface area contributed by atoms with Gasteiger partial charge in [-0.1, -0.05) is 0 Å². The Morgan fingerprint density at radius 2 is 2.22 bits per heavy atom. The fourth-order valence-electron chi connectivity index (χ4n) is 0.506. The number of methoxy groups -OCH3 is 1. The summed E-state index contributed by atoms with van der Waals surface area (Å²) in [4.78, 5) is 14.6. The van der Waals surface area contributed by atoms with E-state index in [0.29, 0.717) is 0 Å². The van der Waals surface area contributed by atoms with E-state index in [1.165, 1.54) is 7.11 Å². The lowest BCUT2D eigenvalue weighted by atomic mass is 10.8. The molecule has 1 heterocycles. The summed E-state index contributed by atoms with van der Waals surface area (Å²) in [5.41, 5.74) is -0.482. The van der Waals surface area contributed by atoms with Crippen molar-refractivity contribution in [2.45, 2.75) is 0 Å². The van der Waals surface area contributed by atoms with Gasteiger partial charge in [-0.2, -0.15) is 0 Å². The van der Waals surface area contributed by atoms with E-state index in [0.717, 1.165) is 0 Å². The lowest BCUT2D eigenvalue weighted by Crippen LogP contribution is -2.00. The predicted molar refractivity (Wildman–Crippen MR) is 29.6 cm³/mol. The van der Waals surface area contributed by atoms with E-state index in [1.807, 2.05) is 0 Å². The smallest absolute Gasteiger partial charge is 0.328 e. The average Bonchev–Trinajstić information content (AvgIpc) is 2.10. The number of imidazole rings is 1. The Balaban J connectivity index is 3.16. The lowest BCUT2D eigenvalue weighted by Gasteiger charge is -1.90. The second-order valence-corrected chi connectivity index (χ2v) is 1.46. The van der Waals surface area contributed by atoms with Gasteiger partial charge in [0.2, 0.25) is 0 Å². The highest BCUT2D eigenvalue weighted by Crippen LogP contribution is 2.14.